The average molecular weight is 398 g/mol. The Bertz CT molecular complexity index is 838. The van der Waals surface area contributed by atoms with E-state index in [4.69, 9.17) is 9.84 Å². The molecule has 156 valence electrons. The van der Waals surface area contributed by atoms with Gasteiger partial charge in [-0.25, -0.2) is 0 Å². The summed E-state index contributed by atoms with van der Waals surface area (Å²) >= 11 is 0. The molecule has 1 heterocycles. The van der Waals surface area contributed by atoms with Crippen molar-refractivity contribution in [3.8, 4) is 5.75 Å². The lowest BCUT2D eigenvalue weighted by atomic mass is 9.92. The predicted octanol–water partition coefficient (Wildman–Crippen LogP) is 3.74. The van der Waals surface area contributed by atoms with Gasteiger partial charge in [0.05, 0.1) is 19.3 Å². The summed E-state index contributed by atoms with van der Waals surface area (Å²) in [4.78, 5) is 12.9. The lowest BCUT2D eigenvalue weighted by Crippen LogP contribution is -2.29. The molecule has 2 aromatic rings. The Labute approximate surface area is 172 Å². The van der Waals surface area contributed by atoms with Gasteiger partial charge in [-0.3, -0.25) is 9.48 Å². The molecular formula is C23H31N3O3. The number of fused-ring (bicyclic) bond motifs is 1. The predicted molar refractivity (Wildman–Crippen MR) is 111 cm³/mol. The van der Waals surface area contributed by atoms with Crippen molar-refractivity contribution in [3.63, 3.8) is 0 Å². The minimum atomic E-state index is -0.763. The lowest BCUT2D eigenvalue weighted by molar-refractivity contribution is 0.0909. The summed E-state index contributed by atoms with van der Waals surface area (Å²) in [5.74, 6) is 0.565. The number of methoxy groups -OCH3 is 1. The molecule has 6 heteroatoms. The molecule has 0 spiro atoms. The Morgan fingerprint density at radius 3 is 2.62 bits per heavy atom. The van der Waals surface area contributed by atoms with Crippen molar-refractivity contribution in [1.29, 1.82) is 0 Å². The molecule has 0 aliphatic heterocycles. The molecule has 0 bridgehead atoms. The normalized spacial score (nSPS) is 18.1. The molecule has 0 radical (unpaired) electrons. The first kappa shape index (κ1) is 20.0. The summed E-state index contributed by atoms with van der Waals surface area (Å²) in [6, 6.07) is 7.68. The van der Waals surface area contributed by atoms with E-state index in [2.05, 4.69) is 10.00 Å². The highest BCUT2D eigenvalue weighted by Gasteiger charge is 2.28. The first-order valence-corrected chi connectivity index (χ1v) is 10.9. The van der Waals surface area contributed by atoms with Crippen molar-refractivity contribution in [2.75, 3.05) is 13.7 Å². The second-order valence-corrected chi connectivity index (χ2v) is 8.22. The summed E-state index contributed by atoms with van der Waals surface area (Å²) in [6.07, 6.45) is 9.56. The topological polar surface area (TPSA) is 76.4 Å². The van der Waals surface area contributed by atoms with Crippen LogP contribution in [0.4, 0.5) is 0 Å². The van der Waals surface area contributed by atoms with Gasteiger partial charge in [0.1, 0.15) is 5.75 Å². The fourth-order valence-electron chi connectivity index (χ4n) is 4.65. The number of hydrogen-bond acceptors (Lipinski definition) is 4. The molecule has 29 heavy (non-hydrogen) atoms. The van der Waals surface area contributed by atoms with E-state index in [0.717, 1.165) is 49.0 Å². The van der Waals surface area contributed by atoms with Crippen LogP contribution < -0.4 is 10.1 Å². The SMILES string of the molecule is COc1ccc(C(O)CNC(=O)c2nn(C3CCCCC3)c3c2CCCC3)cc1. The fraction of sp³-hybridized carbons (Fsp3) is 0.565. The first-order chi connectivity index (χ1) is 14.2. The average Bonchev–Trinajstić information content (AvgIpc) is 3.18. The first-order valence-electron chi connectivity index (χ1n) is 10.9. The van der Waals surface area contributed by atoms with E-state index in [1.165, 1.54) is 31.4 Å². The Morgan fingerprint density at radius 2 is 1.90 bits per heavy atom. The van der Waals surface area contributed by atoms with Crippen LogP contribution in [0.25, 0.3) is 0 Å². The summed E-state index contributed by atoms with van der Waals surface area (Å²) in [5.41, 5.74) is 3.70. The number of nitrogens with one attached hydrogen (secondary N) is 1. The number of carbonyl (C=O) groups excluding carboxylic acids is 1. The number of benzene rings is 1. The number of aliphatic hydroxyl groups excluding tert-OH is 1. The fourth-order valence-corrected chi connectivity index (χ4v) is 4.65. The molecule has 2 N–H and O–H groups in total. The van der Waals surface area contributed by atoms with Gasteiger partial charge >= 0.3 is 0 Å². The second kappa shape index (κ2) is 8.99. The zero-order chi connectivity index (χ0) is 20.2. The highest BCUT2D eigenvalue weighted by molar-refractivity contribution is 5.94. The number of aliphatic hydroxyl groups is 1. The van der Waals surface area contributed by atoms with Crippen molar-refractivity contribution in [1.82, 2.24) is 15.1 Å². The molecule has 1 atom stereocenters. The van der Waals surface area contributed by atoms with Crippen LogP contribution in [0.5, 0.6) is 5.75 Å². The van der Waals surface area contributed by atoms with Crippen molar-refractivity contribution >= 4 is 5.91 Å². The lowest BCUT2D eigenvalue weighted by Gasteiger charge is -2.25. The Kier molecular flexibility index (Phi) is 6.19. The van der Waals surface area contributed by atoms with Crippen LogP contribution in [0.3, 0.4) is 0 Å². The zero-order valence-electron chi connectivity index (χ0n) is 17.2. The van der Waals surface area contributed by atoms with Crippen LogP contribution in [0.15, 0.2) is 24.3 Å². The Balaban J connectivity index is 1.47. The molecule has 1 unspecified atom stereocenters. The van der Waals surface area contributed by atoms with Gasteiger partial charge in [-0.1, -0.05) is 31.4 Å². The Hall–Kier alpha value is -2.34. The number of aromatic nitrogens is 2. The standard InChI is InChI=1S/C23H31N3O3/c1-29-18-13-11-16(12-14-18)21(27)15-24-23(28)22-19-9-5-6-10-20(19)26(25-22)17-7-3-2-4-8-17/h11-14,17,21,27H,2-10,15H2,1H3,(H,24,28). The molecule has 1 saturated carbocycles. The van der Waals surface area contributed by atoms with Crippen molar-refractivity contribution in [2.24, 2.45) is 0 Å². The minimum Gasteiger partial charge on any atom is -0.497 e. The van der Waals surface area contributed by atoms with Gasteiger partial charge in [0.2, 0.25) is 0 Å². The van der Waals surface area contributed by atoms with Crippen LogP contribution in [0.1, 0.15) is 84.4 Å². The number of amides is 1. The number of carbonyl (C=O) groups is 1. The second-order valence-electron chi connectivity index (χ2n) is 8.22. The van der Waals surface area contributed by atoms with E-state index in [1.807, 2.05) is 24.3 Å². The van der Waals surface area contributed by atoms with Crippen LogP contribution in [0, 0.1) is 0 Å². The van der Waals surface area contributed by atoms with Crippen LogP contribution in [-0.4, -0.2) is 34.4 Å². The van der Waals surface area contributed by atoms with Gasteiger partial charge in [0, 0.05) is 17.8 Å². The van der Waals surface area contributed by atoms with Crippen LogP contribution in [0.2, 0.25) is 0 Å². The monoisotopic (exact) mass is 397 g/mol. The molecule has 0 saturated heterocycles. The van der Waals surface area contributed by atoms with Gasteiger partial charge in [-0.15, -0.1) is 0 Å². The van der Waals surface area contributed by atoms with Gasteiger partial charge in [0.15, 0.2) is 5.69 Å². The summed E-state index contributed by atoms with van der Waals surface area (Å²) < 4.78 is 7.32. The van der Waals surface area contributed by atoms with Crippen molar-refractivity contribution in [3.05, 3.63) is 46.8 Å². The van der Waals surface area contributed by atoms with Gasteiger partial charge in [-0.2, -0.15) is 5.10 Å². The maximum Gasteiger partial charge on any atom is 0.272 e. The molecule has 2 aliphatic carbocycles. The summed E-state index contributed by atoms with van der Waals surface area (Å²) in [5, 5.41) is 18.1. The largest absolute Gasteiger partial charge is 0.497 e. The maximum atomic E-state index is 12.9. The molecule has 1 aromatic heterocycles. The number of rotatable bonds is 6. The van der Waals surface area contributed by atoms with E-state index in [1.54, 1.807) is 7.11 Å². The molecule has 2 aliphatic rings. The molecular weight excluding hydrogens is 366 g/mol. The molecule has 1 aromatic carbocycles. The van der Waals surface area contributed by atoms with E-state index in [9.17, 15) is 9.90 Å². The van der Waals surface area contributed by atoms with E-state index in [0.29, 0.717) is 11.7 Å². The smallest absolute Gasteiger partial charge is 0.272 e. The zero-order valence-corrected chi connectivity index (χ0v) is 17.2. The number of hydrogen-bond donors (Lipinski definition) is 2. The third-order valence-electron chi connectivity index (χ3n) is 6.30. The Morgan fingerprint density at radius 1 is 1.17 bits per heavy atom. The van der Waals surface area contributed by atoms with E-state index in [-0.39, 0.29) is 12.5 Å². The molecule has 1 fully saturated rings. The number of ether oxygens (including phenoxy) is 1. The van der Waals surface area contributed by atoms with E-state index >= 15 is 0 Å². The van der Waals surface area contributed by atoms with E-state index < -0.39 is 6.10 Å². The van der Waals surface area contributed by atoms with Gasteiger partial charge in [0.25, 0.3) is 5.91 Å². The molecule has 1 amide bonds. The molecule has 4 rings (SSSR count). The number of nitrogens with zero attached hydrogens (tertiary/aromatic N) is 2. The highest BCUT2D eigenvalue weighted by Crippen LogP contribution is 2.33. The summed E-state index contributed by atoms with van der Waals surface area (Å²) in [7, 11) is 1.61. The third-order valence-corrected chi connectivity index (χ3v) is 6.30. The maximum absolute atomic E-state index is 12.9. The highest BCUT2D eigenvalue weighted by atomic mass is 16.5. The quantitative estimate of drug-likeness (QED) is 0.779. The minimum absolute atomic E-state index is 0.163. The van der Waals surface area contributed by atoms with Crippen molar-refractivity contribution in [2.45, 2.75) is 69.9 Å². The summed E-state index contributed by atoms with van der Waals surface area (Å²) in [6.45, 7) is 0.163. The molecule has 6 nitrogen and oxygen atoms in total. The van der Waals surface area contributed by atoms with Crippen LogP contribution in [-0.2, 0) is 12.8 Å². The van der Waals surface area contributed by atoms with Gasteiger partial charge < -0.3 is 15.2 Å². The van der Waals surface area contributed by atoms with Crippen molar-refractivity contribution < 1.29 is 14.6 Å². The van der Waals surface area contributed by atoms with Crippen LogP contribution >= 0.6 is 0 Å². The third kappa shape index (κ3) is 4.32. The van der Waals surface area contributed by atoms with Gasteiger partial charge in [-0.05, 0) is 56.2 Å².